The monoisotopic (exact) mass is 325 g/mol. The van der Waals surface area contributed by atoms with Crippen LogP contribution in [0.4, 0.5) is 0 Å². The van der Waals surface area contributed by atoms with Gasteiger partial charge in [-0.2, -0.15) is 0 Å². The van der Waals surface area contributed by atoms with Gasteiger partial charge in [0.1, 0.15) is 11.8 Å². The molecule has 0 aromatic carbocycles. The van der Waals surface area contributed by atoms with Crippen molar-refractivity contribution in [3.05, 3.63) is 23.5 Å². The number of amides is 1. The molecule has 0 aliphatic heterocycles. The van der Waals surface area contributed by atoms with E-state index in [1.165, 1.54) is 13.2 Å². The van der Waals surface area contributed by atoms with Crippen LogP contribution in [0, 0.1) is 11.8 Å². The topological polar surface area (TPSA) is 95.9 Å². The van der Waals surface area contributed by atoms with E-state index >= 15 is 0 Å². The molecule has 3 N–H and O–H groups in total. The number of nitrogens with one attached hydrogen (secondary N) is 1. The summed E-state index contributed by atoms with van der Waals surface area (Å²) in [7, 11) is 1.30. The van der Waals surface area contributed by atoms with Gasteiger partial charge in [0.25, 0.3) is 0 Å². The number of hydrogen-bond donors (Lipinski definition) is 3. The Morgan fingerprint density at radius 2 is 2.04 bits per heavy atom. The number of aliphatic hydroxyl groups excluding tert-OH is 2. The van der Waals surface area contributed by atoms with Crippen molar-refractivity contribution in [2.75, 3.05) is 7.11 Å². The Hall–Kier alpha value is -1.82. The molecule has 0 heterocycles. The van der Waals surface area contributed by atoms with Crippen molar-refractivity contribution in [2.45, 2.75) is 52.2 Å². The first-order chi connectivity index (χ1) is 10.7. The Morgan fingerprint density at radius 3 is 2.57 bits per heavy atom. The average molecular weight is 325 g/mol. The van der Waals surface area contributed by atoms with Crippen LogP contribution in [0.25, 0.3) is 0 Å². The van der Waals surface area contributed by atoms with Gasteiger partial charge in [-0.3, -0.25) is 4.79 Å². The van der Waals surface area contributed by atoms with Gasteiger partial charge in [-0.1, -0.05) is 26.8 Å². The molecule has 3 atom stereocenters. The molecule has 1 rings (SSSR count). The van der Waals surface area contributed by atoms with E-state index < -0.39 is 18.1 Å². The molecule has 130 valence electrons. The third kappa shape index (κ3) is 6.06. The van der Waals surface area contributed by atoms with E-state index in [4.69, 9.17) is 4.74 Å². The first-order valence-corrected chi connectivity index (χ1v) is 7.91. The molecular formula is C17H27NO5. The number of carbonyl (C=O) groups is 2. The van der Waals surface area contributed by atoms with E-state index in [-0.39, 0.29) is 29.9 Å². The maximum absolute atomic E-state index is 12.2. The molecule has 0 saturated carbocycles. The summed E-state index contributed by atoms with van der Waals surface area (Å²) in [6.45, 7) is 5.75. The molecule has 1 amide bonds. The fourth-order valence-electron chi connectivity index (χ4n) is 2.62. The summed E-state index contributed by atoms with van der Waals surface area (Å²) in [5, 5.41) is 22.0. The first-order valence-electron chi connectivity index (χ1n) is 7.91. The number of carbonyl (C=O) groups excluding carboxylic acids is 2. The fraction of sp³-hybridized carbons (Fsp3) is 0.647. The van der Waals surface area contributed by atoms with Gasteiger partial charge in [-0.15, -0.1) is 0 Å². The fourth-order valence-corrected chi connectivity index (χ4v) is 2.62. The van der Waals surface area contributed by atoms with Gasteiger partial charge in [-0.25, -0.2) is 4.79 Å². The molecule has 6 heteroatoms. The van der Waals surface area contributed by atoms with E-state index in [1.807, 2.05) is 20.8 Å². The number of rotatable bonds is 7. The highest BCUT2D eigenvalue weighted by atomic mass is 16.5. The lowest BCUT2D eigenvalue weighted by atomic mass is 9.90. The first kappa shape index (κ1) is 19.2. The Labute approximate surface area is 137 Å². The van der Waals surface area contributed by atoms with Crippen LogP contribution in [0.3, 0.4) is 0 Å². The number of ether oxygens (including phenoxy) is 1. The number of methoxy groups -OCH3 is 1. The lowest BCUT2D eigenvalue weighted by molar-refractivity contribution is -0.145. The average Bonchev–Trinajstić information content (AvgIpc) is 2.44. The number of hydrogen-bond acceptors (Lipinski definition) is 5. The van der Waals surface area contributed by atoms with Gasteiger partial charge in [-0.05, 0) is 36.3 Å². The zero-order valence-electron chi connectivity index (χ0n) is 14.2. The van der Waals surface area contributed by atoms with Crippen molar-refractivity contribution in [1.82, 2.24) is 5.32 Å². The van der Waals surface area contributed by atoms with Crippen LogP contribution in [0.2, 0.25) is 0 Å². The highest BCUT2D eigenvalue weighted by Crippen LogP contribution is 2.26. The predicted octanol–water partition coefficient (Wildman–Crippen LogP) is 1.85. The molecule has 0 aromatic rings. The Morgan fingerprint density at radius 1 is 1.39 bits per heavy atom. The SMILES string of the molecule is COC(=O)C(CC(C)C)NC(=O)CC(C)C1=CCC(O)C=C1O. The third-order valence-corrected chi connectivity index (χ3v) is 3.78. The van der Waals surface area contributed by atoms with Crippen LogP contribution in [-0.2, 0) is 14.3 Å². The smallest absolute Gasteiger partial charge is 0.328 e. The van der Waals surface area contributed by atoms with Gasteiger partial charge >= 0.3 is 5.97 Å². The zero-order chi connectivity index (χ0) is 17.6. The summed E-state index contributed by atoms with van der Waals surface area (Å²) in [4.78, 5) is 23.9. The van der Waals surface area contributed by atoms with Crippen LogP contribution in [-0.4, -0.2) is 41.3 Å². The van der Waals surface area contributed by atoms with Crippen molar-refractivity contribution < 1.29 is 24.5 Å². The lowest BCUT2D eigenvalue weighted by Crippen LogP contribution is -2.42. The Bertz CT molecular complexity index is 495. The highest BCUT2D eigenvalue weighted by Gasteiger charge is 2.25. The standard InChI is InChI=1S/C17H27NO5/c1-10(2)7-14(17(22)23-4)18-16(21)8-11(3)13-6-5-12(19)9-15(13)20/h6,9-12,14,19-20H,5,7-8H2,1-4H3,(H,18,21). The maximum atomic E-state index is 12.2. The van der Waals surface area contributed by atoms with E-state index in [0.717, 1.165) is 0 Å². The second-order valence-electron chi connectivity index (χ2n) is 6.39. The van der Waals surface area contributed by atoms with Crippen LogP contribution >= 0.6 is 0 Å². The van der Waals surface area contributed by atoms with Crippen molar-refractivity contribution in [3.63, 3.8) is 0 Å². The van der Waals surface area contributed by atoms with Crippen LogP contribution < -0.4 is 5.32 Å². The predicted molar refractivity (Wildman–Crippen MR) is 86.6 cm³/mol. The van der Waals surface area contributed by atoms with Crippen molar-refractivity contribution in [1.29, 1.82) is 0 Å². The molecule has 0 fully saturated rings. The highest BCUT2D eigenvalue weighted by molar-refractivity contribution is 5.84. The second-order valence-corrected chi connectivity index (χ2v) is 6.39. The van der Waals surface area contributed by atoms with Crippen molar-refractivity contribution in [3.8, 4) is 0 Å². The van der Waals surface area contributed by atoms with Gasteiger partial charge in [0, 0.05) is 6.42 Å². The summed E-state index contributed by atoms with van der Waals surface area (Å²) in [5.74, 6) is -0.686. The second kappa shape index (κ2) is 8.72. The molecule has 1 aliphatic carbocycles. The summed E-state index contributed by atoms with van der Waals surface area (Å²) < 4.78 is 4.72. The van der Waals surface area contributed by atoms with Crippen LogP contribution in [0.5, 0.6) is 0 Å². The Kier molecular flexibility index (Phi) is 7.29. The normalized spacial score (nSPS) is 20.3. The molecule has 23 heavy (non-hydrogen) atoms. The molecule has 0 spiro atoms. The van der Waals surface area contributed by atoms with E-state index in [2.05, 4.69) is 5.32 Å². The molecule has 0 bridgehead atoms. The summed E-state index contributed by atoms with van der Waals surface area (Å²) in [6, 6.07) is -0.661. The van der Waals surface area contributed by atoms with Crippen LogP contribution in [0.1, 0.15) is 40.0 Å². The molecule has 3 unspecified atom stereocenters. The van der Waals surface area contributed by atoms with Crippen LogP contribution in [0.15, 0.2) is 23.5 Å². The summed E-state index contributed by atoms with van der Waals surface area (Å²) in [6.07, 6.45) is 3.50. The molecular weight excluding hydrogens is 298 g/mol. The van der Waals surface area contributed by atoms with E-state index in [0.29, 0.717) is 18.4 Å². The van der Waals surface area contributed by atoms with Gasteiger partial charge in [0.2, 0.25) is 5.91 Å². The van der Waals surface area contributed by atoms with Gasteiger partial charge < -0.3 is 20.3 Å². The zero-order valence-corrected chi connectivity index (χ0v) is 14.2. The molecule has 6 nitrogen and oxygen atoms in total. The largest absolute Gasteiger partial charge is 0.508 e. The minimum Gasteiger partial charge on any atom is -0.508 e. The van der Waals surface area contributed by atoms with E-state index in [9.17, 15) is 19.8 Å². The number of aliphatic hydroxyl groups is 2. The Balaban J connectivity index is 2.64. The third-order valence-electron chi connectivity index (χ3n) is 3.78. The molecule has 0 radical (unpaired) electrons. The lowest BCUT2D eigenvalue weighted by Gasteiger charge is -2.22. The quantitative estimate of drug-likeness (QED) is 0.621. The molecule has 1 aliphatic rings. The summed E-state index contributed by atoms with van der Waals surface area (Å²) >= 11 is 0. The molecule has 0 aromatic heterocycles. The summed E-state index contributed by atoms with van der Waals surface area (Å²) in [5.41, 5.74) is 0.643. The van der Waals surface area contributed by atoms with E-state index in [1.54, 1.807) is 6.08 Å². The van der Waals surface area contributed by atoms with Crippen molar-refractivity contribution >= 4 is 11.9 Å². The number of esters is 1. The van der Waals surface area contributed by atoms with Crippen molar-refractivity contribution in [2.24, 2.45) is 11.8 Å². The number of allylic oxidation sites excluding steroid dienone is 1. The maximum Gasteiger partial charge on any atom is 0.328 e. The molecule has 0 saturated heterocycles. The minimum atomic E-state index is -0.686. The minimum absolute atomic E-state index is 0.00995. The van der Waals surface area contributed by atoms with Gasteiger partial charge in [0.15, 0.2) is 0 Å². The van der Waals surface area contributed by atoms with Gasteiger partial charge in [0.05, 0.1) is 13.2 Å².